The van der Waals surface area contributed by atoms with E-state index in [9.17, 15) is 4.79 Å². The summed E-state index contributed by atoms with van der Waals surface area (Å²) in [4.78, 5) is 20.5. The first kappa shape index (κ1) is 39.7. The minimum absolute atomic E-state index is 0.192. The van der Waals surface area contributed by atoms with E-state index in [0.717, 1.165) is 77.4 Å². The number of nitrogens with zero attached hydrogens (tertiary/aromatic N) is 4. The van der Waals surface area contributed by atoms with Crippen molar-refractivity contribution < 1.29 is 9.90 Å². The summed E-state index contributed by atoms with van der Waals surface area (Å²) in [5.74, 6) is -0.747. The Bertz CT molecular complexity index is 904. The van der Waals surface area contributed by atoms with Gasteiger partial charge in [-0.15, -0.1) is 0 Å². The standard InChI is InChI=1S/C20H48N6.C16H16O2/c1-9-23(10-2)19(24(11-3)12-4)21-17-18-22-20(25(13-5)14-6)26(15-7)16-8;17-16(18)11-10-13-6-8-15(9-7-13)12-14-4-2-1-3-5-14/h19-22H,9-18H2,1-8H3;1-9H,10-12H2,(H,17,18). The van der Waals surface area contributed by atoms with Gasteiger partial charge in [-0.05, 0) is 81.9 Å². The van der Waals surface area contributed by atoms with Crippen LogP contribution in [0.15, 0.2) is 54.6 Å². The van der Waals surface area contributed by atoms with Crippen molar-refractivity contribution in [1.82, 2.24) is 30.2 Å². The third-order valence-corrected chi connectivity index (χ3v) is 8.31. The molecule has 0 heterocycles. The Balaban J connectivity index is 0.000000466. The Hall–Kier alpha value is -2.33. The zero-order chi connectivity index (χ0) is 32.7. The van der Waals surface area contributed by atoms with Gasteiger partial charge in [-0.3, -0.25) is 35.0 Å². The maximum Gasteiger partial charge on any atom is 0.303 e. The molecule has 0 aliphatic heterocycles. The van der Waals surface area contributed by atoms with Crippen LogP contribution in [0.3, 0.4) is 0 Å². The molecule has 0 atom stereocenters. The van der Waals surface area contributed by atoms with Gasteiger partial charge in [0, 0.05) is 19.5 Å². The lowest BCUT2D eigenvalue weighted by Crippen LogP contribution is -2.60. The molecule has 44 heavy (non-hydrogen) atoms. The Morgan fingerprint density at radius 1 is 0.568 bits per heavy atom. The van der Waals surface area contributed by atoms with Gasteiger partial charge in [0.15, 0.2) is 0 Å². The van der Waals surface area contributed by atoms with E-state index in [2.05, 4.69) is 110 Å². The molecule has 0 aliphatic rings. The highest BCUT2D eigenvalue weighted by Crippen LogP contribution is 2.12. The number of aryl methyl sites for hydroxylation is 1. The van der Waals surface area contributed by atoms with E-state index >= 15 is 0 Å². The minimum atomic E-state index is -0.747. The van der Waals surface area contributed by atoms with E-state index in [1.54, 1.807) is 0 Å². The molecule has 250 valence electrons. The van der Waals surface area contributed by atoms with Crippen molar-refractivity contribution in [2.24, 2.45) is 0 Å². The number of carboxylic acid groups (broad SMARTS) is 1. The van der Waals surface area contributed by atoms with Crippen molar-refractivity contribution in [2.75, 3.05) is 65.4 Å². The monoisotopic (exact) mass is 613 g/mol. The Kier molecular flexibility index (Phi) is 21.6. The van der Waals surface area contributed by atoms with Crippen molar-refractivity contribution in [1.29, 1.82) is 0 Å². The molecule has 0 aromatic heterocycles. The molecule has 0 aliphatic carbocycles. The normalized spacial score (nSPS) is 11.7. The number of carboxylic acids is 1. The first-order valence-electron chi connectivity index (χ1n) is 17.1. The van der Waals surface area contributed by atoms with E-state index in [1.165, 1.54) is 11.1 Å². The van der Waals surface area contributed by atoms with Gasteiger partial charge in [0.1, 0.15) is 12.6 Å². The second kappa shape index (κ2) is 24.0. The summed E-state index contributed by atoms with van der Waals surface area (Å²) in [6.45, 7) is 28.5. The highest BCUT2D eigenvalue weighted by atomic mass is 16.4. The predicted octanol–water partition coefficient (Wildman–Crippen LogP) is 5.39. The van der Waals surface area contributed by atoms with E-state index in [-0.39, 0.29) is 6.42 Å². The maximum atomic E-state index is 10.5. The van der Waals surface area contributed by atoms with E-state index in [4.69, 9.17) is 5.11 Å². The number of rotatable bonds is 22. The molecule has 0 fully saturated rings. The van der Waals surface area contributed by atoms with Crippen LogP contribution in [-0.4, -0.2) is 109 Å². The van der Waals surface area contributed by atoms with Crippen LogP contribution >= 0.6 is 0 Å². The lowest BCUT2D eigenvalue weighted by atomic mass is 10.0. The Labute approximate surface area is 269 Å². The minimum Gasteiger partial charge on any atom is -0.481 e. The fourth-order valence-electron chi connectivity index (χ4n) is 5.57. The fraction of sp³-hybridized carbons (Fsp3) is 0.639. The molecule has 0 saturated heterocycles. The largest absolute Gasteiger partial charge is 0.481 e. The van der Waals surface area contributed by atoms with Crippen molar-refractivity contribution in [3.63, 3.8) is 0 Å². The predicted molar refractivity (Wildman–Crippen MR) is 187 cm³/mol. The summed E-state index contributed by atoms with van der Waals surface area (Å²) >= 11 is 0. The second-order valence-corrected chi connectivity index (χ2v) is 10.9. The van der Waals surface area contributed by atoms with Gasteiger partial charge in [0.05, 0.1) is 0 Å². The first-order valence-corrected chi connectivity index (χ1v) is 17.1. The van der Waals surface area contributed by atoms with Crippen LogP contribution < -0.4 is 10.6 Å². The van der Waals surface area contributed by atoms with Crippen LogP contribution in [0.1, 0.15) is 78.5 Å². The lowest BCUT2D eigenvalue weighted by molar-refractivity contribution is -0.136. The van der Waals surface area contributed by atoms with Gasteiger partial charge in [-0.1, -0.05) is 110 Å². The van der Waals surface area contributed by atoms with Crippen molar-refractivity contribution >= 4 is 5.97 Å². The Morgan fingerprint density at radius 3 is 1.25 bits per heavy atom. The quantitative estimate of drug-likeness (QED) is 0.121. The summed E-state index contributed by atoms with van der Waals surface area (Å²) < 4.78 is 0. The average molecular weight is 613 g/mol. The molecule has 0 saturated carbocycles. The molecule has 3 N–H and O–H groups in total. The van der Waals surface area contributed by atoms with Crippen molar-refractivity contribution in [2.45, 2.75) is 87.2 Å². The van der Waals surface area contributed by atoms with Crippen LogP contribution in [0.25, 0.3) is 0 Å². The van der Waals surface area contributed by atoms with Crippen LogP contribution in [0.5, 0.6) is 0 Å². The molecule has 2 aromatic rings. The summed E-state index contributed by atoms with van der Waals surface area (Å²) in [5, 5.41) is 16.2. The lowest BCUT2D eigenvalue weighted by Gasteiger charge is -2.40. The zero-order valence-electron chi connectivity index (χ0n) is 29.2. The SMILES string of the molecule is CCN(CC)C(NCCNC(N(CC)CC)N(CC)CC)N(CC)CC.O=C(O)CCc1ccc(Cc2ccccc2)cc1. The molecule has 2 aromatic carbocycles. The van der Waals surface area contributed by atoms with E-state index in [1.807, 2.05) is 30.3 Å². The average Bonchev–Trinajstić information content (AvgIpc) is 3.05. The van der Waals surface area contributed by atoms with Crippen molar-refractivity contribution in [3.8, 4) is 0 Å². The summed E-state index contributed by atoms with van der Waals surface area (Å²) in [7, 11) is 0. The zero-order valence-corrected chi connectivity index (χ0v) is 29.2. The smallest absolute Gasteiger partial charge is 0.303 e. The second-order valence-electron chi connectivity index (χ2n) is 10.9. The molecule has 2 rings (SSSR count). The number of hydrogen-bond acceptors (Lipinski definition) is 7. The third kappa shape index (κ3) is 14.6. The van der Waals surface area contributed by atoms with Crippen LogP contribution in [0.4, 0.5) is 0 Å². The number of hydrogen-bond donors (Lipinski definition) is 3. The molecule has 0 unspecified atom stereocenters. The molecule has 8 nitrogen and oxygen atoms in total. The molecule has 0 spiro atoms. The highest BCUT2D eigenvalue weighted by molar-refractivity contribution is 5.67. The van der Waals surface area contributed by atoms with Crippen molar-refractivity contribution in [3.05, 3.63) is 71.3 Å². The molecule has 0 amide bonds. The van der Waals surface area contributed by atoms with Gasteiger partial charge >= 0.3 is 5.97 Å². The summed E-state index contributed by atoms with van der Waals surface area (Å²) in [6, 6.07) is 18.5. The van der Waals surface area contributed by atoms with E-state index in [0.29, 0.717) is 19.0 Å². The van der Waals surface area contributed by atoms with Gasteiger partial charge in [-0.25, -0.2) is 0 Å². The third-order valence-electron chi connectivity index (χ3n) is 8.31. The summed E-state index contributed by atoms with van der Waals surface area (Å²) in [5.41, 5.74) is 3.62. The summed E-state index contributed by atoms with van der Waals surface area (Å²) in [6.07, 6.45) is 2.35. The van der Waals surface area contributed by atoms with Gasteiger partial charge in [-0.2, -0.15) is 0 Å². The topological polar surface area (TPSA) is 74.3 Å². The van der Waals surface area contributed by atoms with Crippen LogP contribution in [-0.2, 0) is 17.6 Å². The molecule has 0 radical (unpaired) electrons. The molecule has 0 bridgehead atoms. The van der Waals surface area contributed by atoms with Crippen LogP contribution in [0.2, 0.25) is 0 Å². The number of benzene rings is 2. The van der Waals surface area contributed by atoms with Crippen LogP contribution in [0, 0.1) is 0 Å². The maximum absolute atomic E-state index is 10.5. The number of carbonyl (C=O) groups is 1. The Morgan fingerprint density at radius 2 is 0.909 bits per heavy atom. The van der Waals surface area contributed by atoms with Gasteiger partial charge in [0.2, 0.25) is 0 Å². The fourth-order valence-corrected chi connectivity index (χ4v) is 5.57. The highest BCUT2D eigenvalue weighted by Gasteiger charge is 2.22. The molecular weight excluding hydrogens is 548 g/mol. The number of aliphatic carboxylic acids is 1. The molecular formula is C36H64N6O2. The number of nitrogens with one attached hydrogen (secondary N) is 2. The molecule has 8 heteroatoms. The van der Waals surface area contributed by atoms with Gasteiger partial charge < -0.3 is 5.11 Å². The van der Waals surface area contributed by atoms with Gasteiger partial charge in [0.25, 0.3) is 0 Å². The van der Waals surface area contributed by atoms with E-state index < -0.39 is 5.97 Å². The first-order chi connectivity index (χ1) is 21.3.